The van der Waals surface area contributed by atoms with Crippen LogP contribution in [0.2, 0.25) is 0 Å². The number of benzene rings is 1. The Kier molecular flexibility index (Phi) is 5.82. The average molecular weight is 329 g/mol. The average Bonchev–Trinajstić information content (AvgIpc) is 2.31. The zero-order chi connectivity index (χ0) is 14.4. The second-order valence-corrected chi connectivity index (χ2v) is 4.94. The van der Waals surface area contributed by atoms with Crippen LogP contribution in [-0.2, 0) is 9.53 Å². The van der Waals surface area contributed by atoms with Crippen LogP contribution in [0.3, 0.4) is 0 Å². The number of anilines is 1. The third-order valence-corrected chi connectivity index (χ3v) is 2.89. The zero-order valence-electron chi connectivity index (χ0n) is 11.2. The number of urea groups is 1. The second-order valence-electron chi connectivity index (χ2n) is 4.03. The van der Waals surface area contributed by atoms with E-state index in [2.05, 4.69) is 26.6 Å². The van der Waals surface area contributed by atoms with Crippen molar-refractivity contribution in [2.45, 2.75) is 20.8 Å². The van der Waals surface area contributed by atoms with Crippen molar-refractivity contribution in [3.63, 3.8) is 0 Å². The van der Waals surface area contributed by atoms with Crippen LogP contribution in [0.5, 0.6) is 0 Å². The van der Waals surface area contributed by atoms with Crippen LogP contribution in [-0.4, -0.2) is 25.2 Å². The molecule has 1 rings (SSSR count). The Bertz CT molecular complexity index is 466. The lowest BCUT2D eigenvalue weighted by Crippen LogP contribution is -2.34. The van der Waals surface area contributed by atoms with E-state index in [9.17, 15) is 9.59 Å². The van der Waals surface area contributed by atoms with Gasteiger partial charge in [-0.3, -0.25) is 4.79 Å². The Morgan fingerprint density at radius 2 is 1.84 bits per heavy atom. The number of halogens is 1. The van der Waals surface area contributed by atoms with E-state index < -0.39 is 12.0 Å². The molecule has 0 aliphatic rings. The molecule has 0 bridgehead atoms. The van der Waals surface area contributed by atoms with E-state index in [0.29, 0.717) is 6.61 Å². The molecule has 0 atom stereocenters. The minimum atomic E-state index is -0.457. The van der Waals surface area contributed by atoms with Crippen LogP contribution in [0.1, 0.15) is 18.1 Å². The summed E-state index contributed by atoms with van der Waals surface area (Å²) in [4.78, 5) is 22.8. The highest BCUT2D eigenvalue weighted by molar-refractivity contribution is 9.10. The summed E-state index contributed by atoms with van der Waals surface area (Å²) in [6, 6.07) is 3.39. The maximum Gasteiger partial charge on any atom is 0.325 e. The molecular formula is C13H17BrN2O3. The van der Waals surface area contributed by atoms with Gasteiger partial charge in [0, 0.05) is 10.2 Å². The molecule has 1 aromatic rings. The van der Waals surface area contributed by atoms with Crippen molar-refractivity contribution >= 4 is 33.6 Å². The molecule has 0 aromatic heterocycles. The molecule has 0 radical (unpaired) electrons. The van der Waals surface area contributed by atoms with Gasteiger partial charge in [0.1, 0.15) is 6.54 Å². The first-order valence-corrected chi connectivity index (χ1v) is 6.70. The van der Waals surface area contributed by atoms with Gasteiger partial charge in [0.2, 0.25) is 0 Å². The van der Waals surface area contributed by atoms with E-state index in [4.69, 9.17) is 4.74 Å². The van der Waals surface area contributed by atoms with Gasteiger partial charge in [0.25, 0.3) is 0 Å². The van der Waals surface area contributed by atoms with Crippen LogP contribution in [0.15, 0.2) is 16.6 Å². The van der Waals surface area contributed by atoms with E-state index in [-0.39, 0.29) is 6.54 Å². The zero-order valence-corrected chi connectivity index (χ0v) is 12.8. The lowest BCUT2D eigenvalue weighted by Gasteiger charge is -2.13. The topological polar surface area (TPSA) is 67.4 Å². The quantitative estimate of drug-likeness (QED) is 0.835. The van der Waals surface area contributed by atoms with Crippen molar-refractivity contribution in [1.82, 2.24) is 5.32 Å². The fourth-order valence-corrected chi connectivity index (χ4v) is 2.32. The Morgan fingerprint density at radius 1 is 1.26 bits per heavy atom. The van der Waals surface area contributed by atoms with E-state index in [1.807, 2.05) is 26.0 Å². The summed E-state index contributed by atoms with van der Waals surface area (Å²) in [6.07, 6.45) is 0. The van der Waals surface area contributed by atoms with Gasteiger partial charge in [-0.15, -0.1) is 0 Å². The number of hydrogen-bond acceptors (Lipinski definition) is 3. The van der Waals surface area contributed by atoms with Gasteiger partial charge < -0.3 is 15.4 Å². The molecule has 19 heavy (non-hydrogen) atoms. The Balaban J connectivity index is 2.60. The number of carbonyl (C=O) groups excluding carboxylic acids is 2. The molecule has 0 heterocycles. The molecule has 0 aliphatic heterocycles. The van der Waals surface area contributed by atoms with Crippen LogP contribution < -0.4 is 10.6 Å². The number of nitrogens with one attached hydrogen (secondary N) is 2. The van der Waals surface area contributed by atoms with Crippen molar-refractivity contribution in [2.24, 2.45) is 0 Å². The number of amides is 2. The Morgan fingerprint density at radius 3 is 2.37 bits per heavy atom. The van der Waals surface area contributed by atoms with Crippen molar-refractivity contribution in [1.29, 1.82) is 0 Å². The van der Waals surface area contributed by atoms with Crippen molar-refractivity contribution in [3.05, 3.63) is 27.7 Å². The van der Waals surface area contributed by atoms with Crippen molar-refractivity contribution in [2.75, 3.05) is 18.5 Å². The monoisotopic (exact) mass is 328 g/mol. The fourth-order valence-electron chi connectivity index (χ4n) is 1.63. The largest absolute Gasteiger partial charge is 0.465 e. The Labute approximate surface area is 120 Å². The summed E-state index contributed by atoms with van der Waals surface area (Å²) in [5.74, 6) is -0.457. The number of aryl methyl sites for hydroxylation is 2. The number of hydrogen-bond donors (Lipinski definition) is 2. The van der Waals surface area contributed by atoms with Gasteiger partial charge in [0.15, 0.2) is 0 Å². The third kappa shape index (κ3) is 4.90. The summed E-state index contributed by atoms with van der Waals surface area (Å²) in [7, 11) is 0. The first kappa shape index (κ1) is 15.5. The van der Waals surface area contributed by atoms with Gasteiger partial charge in [-0.25, -0.2) is 4.79 Å². The molecule has 0 saturated carbocycles. The number of carbonyl (C=O) groups is 2. The maximum atomic E-state index is 11.7. The molecular weight excluding hydrogens is 312 g/mol. The van der Waals surface area contributed by atoms with Crippen LogP contribution in [0, 0.1) is 13.8 Å². The molecule has 104 valence electrons. The number of rotatable bonds is 4. The lowest BCUT2D eigenvalue weighted by molar-refractivity contribution is -0.141. The lowest BCUT2D eigenvalue weighted by atomic mass is 10.1. The van der Waals surface area contributed by atoms with Gasteiger partial charge in [0.05, 0.1) is 6.61 Å². The molecule has 0 saturated heterocycles. The normalized spacial score (nSPS) is 9.89. The standard InChI is InChI=1S/C13H17BrN2O3/c1-4-19-11(17)7-15-13(18)16-12-8(2)5-10(14)6-9(12)3/h5-6H,4,7H2,1-3H3,(H2,15,16,18). The fraction of sp³-hybridized carbons (Fsp3) is 0.385. The van der Waals surface area contributed by atoms with E-state index in [1.54, 1.807) is 6.92 Å². The van der Waals surface area contributed by atoms with Gasteiger partial charge in [-0.1, -0.05) is 15.9 Å². The minimum absolute atomic E-state index is 0.145. The third-order valence-electron chi connectivity index (χ3n) is 2.43. The first-order valence-electron chi connectivity index (χ1n) is 5.91. The molecule has 2 N–H and O–H groups in total. The summed E-state index contributed by atoms with van der Waals surface area (Å²) in [5, 5.41) is 5.17. The molecule has 0 unspecified atom stereocenters. The molecule has 5 nitrogen and oxygen atoms in total. The SMILES string of the molecule is CCOC(=O)CNC(=O)Nc1c(C)cc(Br)cc1C. The highest BCUT2D eigenvalue weighted by Crippen LogP contribution is 2.24. The molecule has 2 amide bonds. The van der Waals surface area contributed by atoms with Gasteiger partial charge in [-0.2, -0.15) is 0 Å². The summed E-state index contributed by atoms with van der Waals surface area (Å²) in [5.41, 5.74) is 2.63. The summed E-state index contributed by atoms with van der Waals surface area (Å²) in [6.45, 7) is 5.67. The summed E-state index contributed by atoms with van der Waals surface area (Å²) < 4.78 is 5.68. The minimum Gasteiger partial charge on any atom is -0.465 e. The van der Waals surface area contributed by atoms with Crippen molar-refractivity contribution < 1.29 is 14.3 Å². The van der Waals surface area contributed by atoms with E-state index in [1.165, 1.54) is 0 Å². The molecule has 0 fully saturated rings. The second kappa shape index (κ2) is 7.13. The van der Waals surface area contributed by atoms with E-state index >= 15 is 0 Å². The predicted octanol–water partition coefficient (Wildman–Crippen LogP) is 2.75. The van der Waals surface area contributed by atoms with E-state index in [0.717, 1.165) is 21.3 Å². The predicted molar refractivity (Wildman–Crippen MR) is 77.3 cm³/mol. The number of esters is 1. The number of ether oxygens (including phenoxy) is 1. The van der Waals surface area contributed by atoms with Gasteiger partial charge >= 0.3 is 12.0 Å². The molecule has 0 aliphatic carbocycles. The summed E-state index contributed by atoms with van der Waals surface area (Å²) >= 11 is 3.39. The Hall–Kier alpha value is -1.56. The molecule has 1 aromatic carbocycles. The highest BCUT2D eigenvalue weighted by atomic mass is 79.9. The van der Waals surface area contributed by atoms with Crippen LogP contribution in [0.25, 0.3) is 0 Å². The van der Waals surface area contributed by atoms with Crippen LogP contribution >= 0.6 is 15.9 Å². The van der Waals surface area contributed by atoms with Crippen molar-refractivity contribution in [3.8, 4) is 0 Å². The highest BCUT2D eigenvalue weighted by Gasteiger charge is 2.09. The first-order chi connectivity index (χ1) is 8.93. The van der Waals surface area contributed by atoms with Gasteiger partial charge in [-0.05, 0) is 44.0 Å². The maximum absolute atomic E-state index is 11.7. The van der Waals surface area contributed by atoms with Crippen LogP contribution in [0.4, 0.5) is 10.5 Å². The molecule has 0 spiro atoms. The molecule has 6 heteroatoms. The smallest absolute Gasteiger partial charge is 0.325 e.